The number of halogens is 1. The smallest absolute Gasteiger partial charge is 0.301 e. The van der Waals surface area contributed by atoms with E-state index < -0.39 is 21.8 Å². The third-order valence-electron chi connectivity index (χ3n) is 5.89. The van der Waals surface area contributed by atoms with E-state index in [1.54, 1.807) is 13.1 Å². The van der Waals surface area contributed by atoms with Gasteiger partial charge in [0.1, 0.15) is 17.4 Å². The van der Waals surface area contributed by atoms with Gasteiger partial charge < -0.3 is 9.30 Å². The molecule has 164 valence electrons. The minimum Gasteiger partial charge on any atom is -0.453 e. The summed E-state index contributed by atoms with van der Waals surface area (Å²) in [5.74, 6) is -1.17. The fraction of sp³-hybridized carbons (Fsp3) is 0.286. The summed E-state index contributed by atoms with van der Waals surface area (Å²) in [5.41, 5.74) is -0.142. The third kappa shape index (κ3) is 3.37. The standard InChI is InChI=1S/C21H18FN5O4S/c1-26-12-24-17-4-2-13(8-14(17)20(26)28)31-19-15(9-23)18(5-3-16(19)22)25-32(29,30)27-10-21(11-27)6-7-21/h2-5,8,12,25H,6-7,10-11H2,1H3. The number of nitriles is 1. The topological polar surface area (TPSA) is 117 Å². The summed E-state index contributed by atoms with van der Waals surface area (Å²) in [6.45, 7) is 0.879. The number of aromatic nitrogens is 2. The van der Waals surface area contributed by atoms with Crippen molar-refractivity contribution in [1.82, 2.24) is 13.9 Å². The first-order valence-electron chi connectivity index (χ1n) is 9.85. The lowest BCUT2D eigenvalue weighted by Gasteiger charge is -2.38. The van der Waals surface area contributed by atoms with E-state index in [2.05, 4.69) is 9.71 Å². The number of hydrogen-bond acceptors (Lipinski definition) is 6. The molecule has 32 heavy (non-hydrogen) atoms. The number of benzene rings is 2. The van der Waals surface area contributed by atoms with E-state index >= 15 is 0 Å². The zero-order chi connectivity index (χ0) is 22.7. The van der Waals surface area contributed by atoms with Gasteiger partial charge >= 0.3 is 10.2 Å². The van der Waals surface area contributed by atoms with Crippen molar-refractivity contribution in [2.75, 3.05) is 17.8 Å². The lowest BCUT2D eigenvalue weighted by molar-refractivity contribution is 0.180. The van der Waals surface area contributed by atoms with E-state index in [-0.39, 0.29) is 33.4 Å². The molecule has 2 fully saturated rings. The molecule has 2 heterocycles. The maximum absolute atomic E-state index is 14.6. The summed E-state index contributed by atoms with van der Waals surface area (Å²) in [6.07, 6.45) is 3.42. The van der Waals surface area contributed by atoms with Crippen LogP contribution in [0.4, 0.5) is 10.1 Å². The molecule has 0 unspecified atom stereocenters. The van der Waals surface area contributed by atoms with Crippen LogP contribution in [-0.2, 0) is 17.3 Å². The number of fused-ring (bicyclic) bond motifs is 1. The molecule has 2 aromatic carbocycles. The Balaban J connectivity index is 1.48. The molecule has 0 amide bonds. The van der Waals surface area contributed by atoms with Crippen molar-refractivity contribution in [3.8, 4) is 17.6 Å². The largest absolute Gasteiger partial charge is 0.453 e. The summed E-state index contributed by atoms with van der Waals surface area (Å²) in [5, 5.41) is 9.90. The second-order valence-corrected chi connectivity index (χ2v) is 9.90. The molecule has 11 heteroatoms. The number of anilines is 1. The summed E-state index contributed by atoms with van der Waals surface area (Å²) in [7, 11) is -2.33. The van der Waals surface area contributed by atoms with Crippen LogP contribution in [0.1, 0.15) is 18.4 Å². The van der Waals surface area contributed by atoms with Gasteiger partial charge in [-0.05, 0) is 48.6 Å². The molecule has 0 bridgehead atoms. The zero-order valence-electron chi connectivity index (χ0n) is 17.0. The van der Waals surface area contributed by atoms with Crippen LogP contribution in [0.3, 0.4) is 0 Å². The van der Waals surface area contributed by atoms with Gasteiger partial charge in [-0.25, -0.2) is 9.37 Å². The van der Waals surface area contributed by atoms with Gasteiger partial charge in [0.25, 0.3) is 5.56 Å². The molecular formula is C21H18FN5O4S. The number of nitrogens with zero attached hydrogens (tertiary/aromatic N) is 4. The zero-order valence-corrected chi connectivity index (χ0v) is 17.8. The van der Waals surface area contributed by atoms with Crippen LogP contribution < -0.4 is 15.0 Å². The van der Waals surface area contributed by atoms with Gasteiger partial charge in [-0.2, -0.15) is 18.0 Å². The van der Waals surface area contributed by atoms with E-state index in [4.69, 9.17) is 4.74 Å². The Morgan fingerprint density at radius 2 is 2.00 bits per heavy atom. The fourth-order valence-electron chi connectivity index (χ4n) is 3.79. The molecule has 1 saturated heterocycles. The minimum absolute atomic E-state index is 0.0842. The van der Waals surface area contributed by atoms with Crippen LogP contribution >= 0.6 is 0 Å². The van der Waals surface area contributed by atoms with E-state index in [1.807, 2.05) is 6.07 Å². The molecule has 1 spiro atoms. The Kier molecular flexibility index (Phi) is 4.47. The fourth-order valence-corrected chi connectivity index (χ4v) is 5.26. The maximum atomic E-state index is 14.6. The van der Waals surface area contributed by atoms with Gasteiger partial charge in [0, 0.05) is 20.1 Å². The average Bonchev–Trinajstić information content (AvgIpc) is 3.54. The summed E-state index contributed by atoms with van der Waals surface area (Å²) >= 11 is 0. The molecule has 1 aliphatic carbocycles. The average molecular weight is 455 g/mol. The lowest BCUT2D eigenvalue weighted by Crippen LogP contribution is -2.53. The maximum Gasteiger partial charge on any atom is 0.301 e. The highest BCUT2D eigenvalue weighted by molar-refractivity contribution is 7.90. The van der Waals surface area contributed by atoms with Gasteiger partial charge in [-0.1, -0.05) is 0 Å². The Labute approximate surface area is 182 Å². The van der Waals surface area contributed by atoms with Gasteiger partial charge in [0.2, 0.25) is 0 Å². The highest BCUT2D eigenvalue weighted by atomic mass is 32.2. The number of hydrogen-bond donors (Lipinski definition) is 1. The van der Waals surface area contributed by atoms with E-state index in [0.717, 1.165) is 18.9 Å². The van der Waals surface area contributed by atoms with Crippen LogP contribution in [-0.4, -0.2) is 35.4 Å². The molecule has 3 aromatic rings. The van der Waals surface area contributed by atoms with Crippen molar-refractivity contribution in [2.45, 2.75) is 12.8 Å². The molecule has 1 saturated carbocycles. The number of aryl methyl sites for hydroxylation is 1. The molecule has 2 aliphatic rings. The summed E-state index contributed by atoms with van der Waals surface area (Å²) in [4.78, 5) is 16.5. The lowest BCUT2D eigenvalue weighted by atomic mass is 10.0. The Hall–Kier alpha value is -3.49. The molecule has 9 nitrogen and oxygen atoms in total. The van der Waals surface area contributed by atoms with Crippen molar-refractivity contribution >= 4 is 26.8 Å². The van der Waals surface area contributed by atoms with Gasteiger partial charge in [-0.3, -0.25) is 9.52 Å². The van der Waals surface area contributed by atoms with Crippen molar-refractivity contribution < 1.29 is 17.5 Å². The number of nitrogens with one attached hydrogen (secondary N) is 1. The minimum atomic E-state index is -3.88. The third-order valence-corrected chi connectivity index (χ3v) is 7.31. The van der Waals surface area contributed by atoms with Gasteiger partial charge in [0.05, 0.1) is 22.9 Å². The number of ether oxygens (including phenoxy) is 1. The van der Waals surface area contributed by atoms with E-state index in [9.17, 15) is 22.9 Å². The molecule has 1 aliphatic heterocycles. The predicted molar refractivity (Wildman–Crippen MR) is 114 cm³/mol. The molecule has 1 N–H and O–H groups in total. The normalized spacial score (nSPS) is 17.0. The molecule has 0 radical (unpaired) electrons. The SMILES string of the molecule is Cn1cnc2ccc(Oc3c(F)ccc(NS(=O)(=O)N4CC5(CC5)C4)c3C#N)cc2c1=O. The second kappa shape index (κ2) is 7.01. The van der Waals surface area contributed by atoms with E-state index in [1.165, 1.54) is 33.4 Å². The van der Waals surface area contributed by atoms with E-state index in [0.29, 0.717) is 18.6 Å². The monoisotopic (exact) mass is 455 g/mol. The van der Waals surface area contributed by atoms with Crippen LogP contribution in [0.5, 0.6) is 11.5 Å². The van der Waals surface area contributed by atoms with Crippen LogP contribution in [0.2, 0.25) is 0 Å². The van der Waals surface area contributed by atoms with Crippen LogP contribution in [0.15, 0.2) is 41.5 Å². The molecular weight excluding hydrogens is 437 g/mol. The summed E-state index contributed by atoms with van der Waals surface area (Å²) < 4.78 is 50.5. The Morgan fingerprint density at radius 1 is 1.25 bits per heavy atom. The van der Waals surface area contributed by atoms with Gasteiger partial charge in [0.15, 0.2) is 11.6 Å². The van der Waals surface area contributed by atoms with Gasteiger partial charge in [-0.15, -0.1) is 0 Å². The molecule has 0 atom stereocenters. The van der Waals surface area contributed by atoms with Crippen molar-refractivity contribution in [1.29, 1.82) is 5.26 Å². The molecule has 5 rings (SSSR count). The quantitative estimate of drug-likeness (QED) is 0.632. The predicted octanol–water partition coefficient (Wildman–Crippen LogP) is 2.49. The first kappa shape index (κ1) is 20.4. The first-order chi connectivity index (χ1) is 15.2. The first-order valence-corrected chi connectivity index (χ1v) is 11.3. The van der Waals surface area contributed by atoms with Crippen molar-refractivity contribution in [2.24, 2.45) is 12.5 Å². The highest BCUT2D eigenvalue weighted by Gasteiger charge is 2.55. The Morgan fingerprint density at radius 3 is 2.69 bits per heavy atom. The highest BCUT2D eigenvalue weighted by Crippen LogP contribution is 2.53. The van der Waals surface area contributed by atoms with Crippen LogP contribution in [0, 0.1) is 22.6 Å². The van der Waals surface area contributed by atoms with Crippen LogP contribution in [0.25, 0.3) is 10.9 Å². The molecule has 1 aromatic heterocycles. The number of rotatable bonds is 5. The Bertz CT molecular complexity index is 1470. The second-order valence-electron chi connectivity index (χ2n) is 8.23. The van der Waals surface area contributed by atoms with Crippen molar-refractivity contribution in [3.05, 3.63) is 58.4 Å². The van der Waals surface area contributed by atoms with Crippen molar-refractivity contribution in [3.63, 3.8) is 0 Å². The summed E-state index contributed by atoms with van der Waals surface area (Å²) in [6, 6.07) is 8.46.